The number of hydrogen-bond acceptors (Lipinski definition) is 3. The molecule has 0 amide bonds. The standard InChI is InChI=1S/C13H11N3O.BrH/c14-10-5-6-16-8-12(15-13(16)7-10)9-1-3-11(17)4-2-9;/h1-8,17H,14H2;1H. The second-order valence-corrected chi connectivity index (χ2v) is 3.90. The molecule has 5 heteroatoms. The predicted molar refractivity (Wildman–Crippen MR) is 77.0 cm³/mol. The normalized spacial score (nSPS) is 10.2. The second kappa shape index (κ2) is 4.70. The highest BCUT2D eigenvalue weighted by atomic mass is 79.9. The molecule has 3 N–H and O–H groups in total. The Kier molecular flexibility index (Phi) is 3.25. The summed E-state index contributed by atoms with van der Waals surface area (Å²) in [6, 6.07) is 10.6. The molecule has 1 aromatic carbocycles. The highest BCUT2D eigenvalue weighted by Gasteiger charge is 2.04. The van der Waals surface area contributed by atoms with Gasteiger partial charge in [0.15, 0.2) is 0 Å². The number of phenols is 1. The number of halogens is 1. The molecule has 4 nitrogen and oxygen atoms in total. The molecule has 0 bridgehead atoms. The van der Waals surface area contributed by atoms with Crippen LogP contribution in [0.5, 0.6) is 5.75 Å². The molecule has 0 saturated carbocycles. The number of pyridine rings is 1. The summed E-state index contributed by atoms with van der Waals surface area (Å²) in [6.07, 6.45) is 3.81. The third kappa shape index (κ3) is 2.17. The van der Waals surface area contributed by atoms with E-state index in [-0.39, 0.29) is 22.7 Å². The predicted octanol–water partition coefficient (Wildman–Crippen LogP) is 2.87. The van der Waals surface area contributed by atoms with E-state index >= 15 is 0 Å². The lowest BCUT2D eigenvalue weighted by Crippen LogP contribution is -1.87. The molecule has 0 radical (unpaired) electrons. The first-order valence-electron chi connectivity index (χ1n) is 5.26. The maximum atomic E-state index is 9.24. The SMILES string of the molecule is Br.Nc1ccn2cc(-c3ccc(O)cc3)nc2c1. The Bertz CT molecular complexity index is 676. The molecule has 0 unspecified atom stereocenters. The highest BCUT2D eigenvalue weighted by molar-refractivity contribution is 8.93. The summed E-state index contributed by atoms with van der Waals surface area (Å²) >= 11 is 0. The monoisotopic (exact) mass is 305 g/mol. The minimum atomic E-state index is 0. The van der Waals surface area contributed by atoms with E-state index in [2.05, 4.69) is 4.98 Å². The van der Waals surface area contributed by atoms with E-state index in [0.29, 0.717) is 5.69 Å². The van der Waals surface area contributed by atoms with E-state index in [1.54, 1.807) is 12.1 Å². The fraction of sp³-hybridized carbons (Fsp3) is 0. The van der Waals surface area contributed by atoms with Gasteiger partial charge in [0.25, 0.3) is 0 Å². The average molecular weight is 306 g/mol. The van der Waals surface area contributed by atoms with E-state index in [9.17, 15) is 5.11 Å². The van der Waals surface area contributed by atoms with Gasteiger partial charge in [-0.05, 0) is 30.3 Å². The van der Waals surface area contributed by atoms with E-state index in [1.807, 2.05) is 41.1 Å². The molecular weight excluding hydrogens is 294 g/mol. The molecule has 2 aromatic heterocycles. The van der Waals surface area contributed by atoms with Crippen LogP contribution in [0, 0.1) is 0 Å². The molecule has 3 aromatic rings. The van der Waals surface area contributed by atoms with Gasteiger partial charge in [-0.2, -0.15) is 0 Å². The fourth-order valence-electron chi connectivity index (χ4n) is 1.77. The number of nitrogen functional groups attached to an aromatic ring is 1. The summed E-state index contributed by atoms with van der Waals surface area (Å²) in [5, 5.41) is 9.24. The van der Waals surface area contributed by atoms with Gasteiger partial charge in [-0.1, -0.05) is 0 Å². The summed E-state index contributed by atoms with van der Waals surface area (Å²) in [5.41, 5.74) is 9.03. The number of benzene rings is 1. The number of anilines is 1. The lowest BCUT2D eigenvalue weighted by molar-refractivity contribution is 0.475. The number of fused-ring (bicyclic) bond motifs is 1. The molecule has 2 heterocycles. The number of phenolic OH excluding ortho intramolecular Hbond substituents is 1. The van der Waals surface area contributed by atoms with E-state index in [0.717, 1.165) is 16.9 Å². The fourth-order valence-corrected chi connectivity index (χ4v) is 1.77. The largest absolute Gasteiger partial charge is 0.508 e. The van der Waals surface area contributed by atoms with Crippen LogP contribution < -0.4 is 5.73 Å². The Morgan fingerprint density at radius 2 is 1.83 bits per heavy atom. The van der Waals surface area contributed by atoms with Crippen molar-refractivity contribution in [1.29, 1.82) is 0 Å². The smallest absolute Gasteiger partial charge is 0.139 e. The Labute approximate surface area is 114 Å². The molecule has 0 spiro atoms. The first-order valence-corrected chi connectivity index (χ1v) is 5.26. The van der Waals surface area contributed by atoms with Gasteiger partial charge in [0.05, 0.1) is 5.69 Å². The zero-order chi connectivity index (χ0) is 11.8. The van der Waals surface area contributed by atoms with Crippen LogP contribution in [0.2, 0.25) is 0 Å². The second-order valence-electron chi connectivity index (χ2n) is 3.90. The molecule has 0 aliphatic carbocycles. The minimum absolute atomic E-state index is 0. The molecule has 18 heavy (non-hydrogen) atoms. The van der Waals surface area contributed by atoms with Crippen LogP contribution in [0.4, 0.5) is 5.69 Å². The van der Waals surface area contributed by atoms with Gasteiger partial charge in [-0.3, -0.25) is 0 Å². The summed E-state index contributed by atoms with van der Waals surface area (Å²) in [4.78, 5) is 4.47. The van der Waals surface area contributed by atoms with Crippen LogP contribution in [-0.4, -0.2) is 14.5 Å². The molecule has 0 aliphatic rings. The van der Waals surface area contributed by atoms with Crippen molar-refractivity contribution in [3.63, 3.8) is 0 Å². The molecule has 0 atom stereocenters. The number of imidazole rings is 1. The van der Waals surface area contributed by atoms with Crippen molar-refractivity contribution in [2.24, 2.45) is 0 Å². The van der Waals surface area contributed by atoms with Crippen LogP contribution in [0.25, 0.3) is 16.9 Å². The Morgan fingerprint density at radius 3 is 2.56 bits per heavy atom. The summed E-state index contributed by atoms with van der Waals surface area (Å²) in [7, 11) is 0. The number of nitrogens with zero attached hydrogens (tertiary/aromatic N) is 2. The Hall–Kier alpha value is -2.01. The number of aromatic nitrogens is 2. The quantitative estimate of drug-likeness (QED) is 0.726. The van der Waals surface area contributed by atoms with Gasteiger partial charge in [-0.15, -0.1) is 17.0 Å². The van der Waals surface area contributed by atoms with Crippen LogP contribution >= 0.6 is 17.0 Å². The molecule has 92 valence electrons. The summed E-state index contributed by atoms with van der Waals surface area (Å²) < 4.78 is 1.92. The molecule has 0 aliphatic heterocycles. The van der Waals surface area contributed by atoms with Crippen molar-refractivity contribution in [3.05, 3.63) is 48.8 Å². The first-order chi connectivity index (χ1) is 8.22. The van der Waals surface area contributed by atoms with Crippen molar-refractivity contribution in [2.45, 2.75) is 0 Å². The Balaban J connectivity index is 0.00000120. The lowest BCUT2D eigenvalue weighted by Gasteiger charge is -1.95. The van der Waals surface area contributed by atoms with Gasteiger partial charge in [0.1, 0.15) is 11.4 Å². The first kappa shape index (κ1) is 12.4. The summed E-state index contributed by atoms with van der Waals surface area (Å²) in [6.45, 7) is 0. The maximum Gasteiger partial charge on any atom is 0.139 e. The van der Waals surface area contributed by atoms with E-state index < -0.39 is 0 Å². The molecule has 0 fully saturated rings. The zero-order valence-electron chi connectivity index (χ0n) is 9.45. The van der Waals surface area contributed by atoms with Gasteiger partial charge < -0.3 is 15.2 Å². The van der Waals surface area contributed by atoms with Crippen molar-refractivity contribution >= 4 is 28.3 Å². The third-order valence-corrected chi connectivity index (χ3v) is 2.65. The number of rotatable bonds is 1. The van der Waals surface area contributed by atoms with Gasteiger partial charge in [0, 0.05) is 29.7 Å². The Morgan fingerprint density at radius 1 is 1.11 bits per heavy atom. The number of hydrogen-bond donors (Lipinski definition) is 2. The zero-order valence-corrected chi connectivity index (χ0v) is 11.2. The topological polar surface area (TPSA) is 63.5 Å². The van der Waals surface area contributed by atoms with Crippen LogP contribution in [-0.2, 0) is 0 Å². The molecular formula is C13H12BrN3O. The van der Waals surface area contributed by atoms with Gasteiger partial charge in [-0.25, -0.2) is 4.98 Å². The summed E-state index contributed by atoms with van der Waals surface area (Å²) in [5.74, 6) is 0.252. The van der Waals surface area contributed by atoms with Crippen LogP contribution in [0.1, 0.15) is 0 Å². The van der Waals surface area contributed by atoms with Crippen molar-refractivity contribution in [1.82, 2.24) is 9.38 Å². The minimum Gasteiger partial charge on any atom is -0.508 e. The van der Waals surface area contributed by atoms with Crippen molar-refractivity contribution in [3.8, 4) is 17.0 Å². The molecule has 3 rings (SSSR count). The number of nitrogens with two attached hydrogens (primary N) is 1. The van der Waals surface area contributed by atoms with Crippen LogP contribution in [0.3, 0.4) is 0 Å². The lowest BCUT2D eigenvalue weighted by atomic mass is 10.2. The maximum absolute atomic E-state index is 9.24. The average Bonchev–Trinajstić information content (AvgIpc) is 2.72. The van der Waals surface area contributed by atoms with Gasteiger partial charge in [0.2, 0.25) is 0 Å². The van der Waals surface area contributed by atoms with Crippen LogP contribution in [0.15, 0.2) is 48.8 Å². The molecule has 0 saturated heterocycles. The van der Waals surface area contributed by atoms with Crippen molar-refractivity contribution < 1.29 is 5.11 Å². The van der Waals surface area contributed by atoms with Gasteiger partial charge >= 0.3 is 0 Å². The number of aromatic hydroxyl groups is 1. The van der Waals surface area contributed by atoms with E-state index in [1.165, 1.54) is 0 Å². The highest BCUT2D eigenvalue weighted by Crippen LogP contribution is 2.22. The van der Waals surface area contributed by atoms with E-state index in [4.69, 9.17) is 5.73 Å². The third-order valence-electron chi connectivity index (χ3n) is 2.65. The van der Waals surface area contributed by atoms with Crippen molar-refractivity contribution in [2.75, 3.05) is 5.73 Å².